The number of rotatable bonds is 5. The van der Waals surface area contributed by atoms with Crippen LogP contribution in [0.1, 0.15) is 28.9 Å². The number of carbonyl (C=O) groups excluding carboxylic acids is 2. The molecule has 6 nitrogen and oxygen atoms in total. The maximum absolute atomic E-state index is 12.4. The Morgan fingerprint density at radius 1 is 1.36 bits per heavy atom. The number of benzene rings is 1. The van der Waals surface area contributed by atoms with Gasteiger partial charge >= 0.3 is 0 Å². The van der Waals surface area contributed by atoms with Crippen LogP contribution in [0.25, 0.3) is 0 Å². The van der Waals surface area contributed by atoms with Gasteiger partial charge in [0.25, 0.3) is 5.91 Å². The Labute approximate surface area is 151 Å². The maximum Gasteiger partial charge on any atom is 0.252 e. The van der Waals surface area contributed by atoms with Crippen molar-refractivity contribution in [1.82, 2.24) is 20.2 Å². The molecular formula is C18H21ClN4O2. The van der Waals surface area contributed by atoms with Gasteiger partial charge in [0.2, 0.25) is 5.91 Å². The Bertz CT molecular complexity index is 732. The number of likely N-dealkylation sites (tertiary alicyclic amines) is 1. The Kier molecular flexibility index (Phi) is 5.71. The average molecular weight is 361 g/mol. The first-order chi connectivity index (χ1) is 12.1. The van der Waals surface area contributed by atoms with Crippen molar-refractivity contribution in [2.45, 2.75) is 19.3 Å². The van der Waals surface area contributed by atoms with Gasteiger partial charge in [0.05, 0.1) is 23.3 Å². The summed E-state index contributed by atoms with van der Waals surface area (Å²) < 4.78 is 0. The molecule has 1 fully saturated rings. The first-order valence-electron chi connectivity index (χ1n) is 8.41. The molecule has 0 spiro atoms. The van der Waals surface area contributed by atoms with E-state index < -0.39 is 0 Å². The van der Waals surface area contributed by atoms with E-state index in [0.29, 0.717) is 30.1 Å². The van der Waals surface area contributed by atoms with Gasteiger partial charge in [-0.25, -0.2) is 4.98 Å². The van der Waals surface area contributed by atoms with Crippen molar-refractivity contribution < 1.29 is 9.59 Å². The molecule has 7 heteroatoms. The van der Waals surface area contributed by atoms with Crippen LogP contribution >= 0.6 is 11.6 Å². The highest BCUT2D eigenvalue weighted by atomic mass is 35.5. The Morgan fingerprint density at radius 3 is 2.96 bits per heavy atom. The number of imidazole rings is 1. The lowest BCUT2D eigenvalue weighted by Gasteiger charge is -2.33. The number of nitrogens with zero attached hydrogens (tertiary/aromatic N) is 2. The molecule has 0 unspecified atom stereocenters. The number of carbonyl (C=O) groups is 2. The number of amides is 2. The lowest BCUT2D eigenvalue weighted by atomic mass is 9.97. The molecule has 2 heterocycles. The third-order valence-electron chi connectivity index (χ3n) is 4.44. The number of H-pyrrole nitrogens is 1. The van der Waals surface area contributed by atoms with Gasteiger partial charge in [0.1, 0.15) is 0 Å². The van der Waals surface area contributed by atoms with Crippen molar-refractivity contribution >= 4 is 23.4 Å². The number of piperidine rings is 1. The molecule has 1 aliphatic rings. The molecular weight excluding hydrogens is 340 g/mol. The predicted molar refractivity (Wildman–Crippen MR) is 95.4 cm³/mol. The topological polar surface area (TPSA) is 78.1 Å². The van der Waals surface area contributed by atoms with Crippen LogP contribution in [0.5, 0.6) is 0 Å². The van der Waals surface area contributed by atoms with Gasteiger partial charge in [-0.3, -0.25) is 9.59 Å². The number of aromatic amines is 1. The van der Waals surface area contributed by atoms with E-state index in [1.165, 1.54) is 0 Å². The highest BCUT2D eigenvalue weighted by Crippen LogP contribution is 2.18. The van der Waals surface area contributed by atoms with Gasteiger partial charge in [-0.1, -0.05) is 23.7 Å². The molecule has 1 aromatic carbocycles. The average Bonchev–Trinajstić information content (AvgIpc) is 3.13. The number of nitrogens with one attached hydrogen (secondary N) is 2. The fourth-order valence-corrected chi connectivity index (χ4v) is 3.31. The van der Waals surface area contributed by atoms with Gasteiger partial charge in [0.15, 0.2) is 0 Å². The normalized spacial score (nSPS) is 17.3. The minimum Gasteiger partial charge on any atom is -0.352 e. The maximum atomic E-state index is 12.4. The molecule has 0 aliphatic carbocycles. The molecule has 0 bridgehead atoms. The lowest BCUT2D eigenvalue weighted by Crippen LogP contribution is -2.44. The number of hydrogen-bond acceptors (Lipinski definition) is 3. The van der Waals surface area contributed by atoms with Crippen LogP contribution in [0.3, 0.4) is 0 Å². The van der Waals surface area contributed by atoms with E-state index in [0.717, 1.165) is 25.1 Å². The summed E-state index contributed by atoms with van der Waals surface area (Å²) in [6.07, 6.45) is 5.52. The van der Waals surface area contributed by atoms with Crippen LogP contribution in [0.4, 0.5) is 0 Å². The minimum absolute atomic E-state index is 0.0892. The predicted octanol–water partition coefficient (Wildman–Crippen LogP) is 2.27. The van der Waals surface area contributed by atoms with Crippen LogP contribution in [0, 0.1) is 5.92 Å². The molecule has 25 heavy (non-hydrogen) atoms. The van der Waals surface area contributed by atoms with E-state index in [-0.39, 0.29) is 17.7 Å². The van der Waals surface area contributed by atoms with E-state index in [1.54, 1.807) is 36.8 Å². The Morgan fingerprint density at radius 2 is 2.20 bits per heavy atom. The van der Waals surface area contributed by atoms with E-state index >= 15 is 0 Å². The molecule has 1 atom stereocenters. The lowest BCUT2D eigenvalue weighted by molar-refractivity contribution is -0.132. The summed E-state index contributed by atoms with van der Waals surface area (Å²) in [5.41, 5.74) is 1.30. The molecule has 0 radical (unpaired) electrons. The van der Waals surface area contributed by atoms with E-state index in [2.05, 4.69) is 15.3 Å². The zero-order valence-electron chi connectivity index (χ0n) is 13.9. The van der Waals surface area contributed by atoms with Gasteiger partial charge in [0, 0.05) is 31.5 Å². The van der Waals surface area contributed by atoms with Crippen LogP contribution in [0.15, 0.2) is 36.8 Å². The van der Waals surface area contributed by atoms with Gasteiger partial charge in [-0.2, -0.15) is 0 Å². The monoisotopic (exact) mass is 360 g/mol. The van der Waals surface area contributed by atoms with E-state index in [4.69, 9.17) is 11.6 Å². The van der Waals surface area contributed by atoms with E-state index in [1.807, 2.05) is 4.90 Å². The van der Waals surface area contributed by atoms with Crippen molar-refractivity contribution in [3.63, 3.8) is 0 Å². The molecule has 2 aromatic rings. The zero-order chi connectivity index (χ0) is 17.6. The minimum atomic E-state index is -0.175. The number of halogens is 1. The molecule has 1 saturated heterocycles. The third-order valence-corrected chi connectivity index (χ3v) is 4.77. The van der Waals surface area contributed by atoms with Crippen molar-refractivity contribution in [3.05, 3.63) is 53.1 Å². The molecule has 3 rings (SSSR count). The summed E-state index contributed by atoms with van der Waals surface area (Å²) in [7, 11) is 0. The summed E-state index contributed by atoms with van der Waals surface area (Å²) in [4.78, 5) is 33.4. The molecule has 132 valence electrons. The second-order valence-corrected chi connectivity index (χ2v) is 6.70. The van der Waals surface area contributed by atoms with Crippen molar-refractivity contribution in [2.24, 2.45) is 5.92 Å². The van der Waals surface area contributed by atoms with Gasteiger partial charge < -0.3 is 15.2 Å². The van der Waals surface area contributed by atoms with Crippen molar-refractivity contribution in [1.29, 1.82) is 0 Å². The highest BCUT2D eigenvalue weighted by molar-refractivity contribution is 6.33. The first-order valence-corrected chi connectivity index (χ1v) is 8.79. The van der Waals surface area contributed by atoms with Gasteiger partial charge in [-0.05, 0) is 30.9 Å². The Balaban J connectivity index is 1.51. The quantitative estimate of drug-likeness (QED) is 0.858. The molecule has 2 amide bonds. The van der Waals surface area contributed by atoms with Crippen LogP contribution in [-0.4, -0.2) is 46.3 Å². The standard InChI is InChI=1S/C18H21ClN4O2/c19-16-6-2-1-5-15(16)18(25)21-9-13-4-3-7-23(11-13)17(24)8-14-10-20-12-22-14/h1-2,5-6,10,12-13H,3-4,7-9,11H2,(H,20,22)(H,21,25)/t13-/m0/s1. The molecule has 2 N–H and O–H groups in total. The fraction of sp³-hybridized carbons (Fsp3) is 0.389. The number of aromatic nitrogens is 2. The summed E-state index contributed by atoms with van der Waals surface area (Å²) in [6.45, 7) is 1.97. The van der Waals surface area contributed by atoms with Crippen LogP contribution in [0.2, 0.25) is 5.02 Å². The van der Waals surface area contributed by atoms with Crippen LogP contribution in [-0.2, 0) is 11.2 Å². The first kappa shape index (κ1) is 17.5. The third kappa shape index (κ3) is 4.60. The summed E-state index contributed by atoms with van der Waals surface area (Å²) in [5.74, 6) is 0.170. The van der Waals surface area contributed by atoms with E-state index in [9.17, 15) is 9.59 Å². The smallest absolute Gasteiger partial charge is 0.252 e. The zero-order valence-corrected chi connectivity index (χ0v) is 14.6. The number of hydrogen-bond donors (Lipinski definition) is 2. The second kappa shape index (κ2) is 8.16. The summed E-state index contributed by atoms with van der Waals surface area (Å²) in [6, 6.07) is 6.99. The fourth-order valence-electron chi connectivity index (χ4n) is 3.09. The molecule has 1 aromatic heterocycles. The van der Waals surface area contributed by atoms with Crippen molar-refractivity contribution in [3.8, 4) is 0 Å². The molecule has 1 aliphatic heterocycles. The Hall–Kier alpha value is -2.34. The second-order valence-electron chi connectivity index (χ2n) is 6.29. The van der Waals surface area contributed by atoms with Crippen LogP contribution < -0.4 is 5.32 Å². The molecule has 0 saturated carbocycles. The van der Waals surface area contributed by atoms with Gasteiger partial charge in [-0.15, -0.1) is 0 Å². The van der Waals surface area contributed by atoms with Crippen molar-refractivity contribution in [2.75, 3.05) is 19.6 Å². The SMILES string of the molecule is O=C(NC[C@@H]1CCCN(C(=O)Cc2cnc[nH]2)C1)c1ccccc1Cl. The summed E-state index contributed by atoms with van der Waals surface area (Å²) >= 11 is 6.05. The highest BCUT2D eigenvalue weighted by Gasteiger charge is 2.24. The largest absolute Gasteiger partial charge is 0.352 e. The summed E-state index contributed by atoms with van der Waals surface area (Å²) in [5, 5.41) is 3.38.